The summed E-state index contributed by atoms with van der Waals surface area (Å²) in [7, 11) is 3.19. The van der Waals surface area contributed by atoms with Gasteiger partial charge in [-0.3, -0.25) is 4.79 Å². The van der Waals surface area contributed by atoms with E-state index >= 15 is 0 Å². The topological polar surface area (TPSA) is 44.8 Å². The van der Waals surface area contributed by atoms with Crippen LogP contribution in [0.25, 0.3) is 0 Å². The first-order valence-corrected chi connectivity index (χ1v) is 5.69. The predicted octanol–water partition coefficient (Wildman–Crippen LogP) is 2.42. The van der Waals surface area contributed by atoms with Gasteiger partial charge < -0.3 is 14.2 Å². The lowest BCUT2D eigenvalue weighted by molar-refractivity contribution is -0.122. The molecule has 1 aliphatic heterocycles. The van der Waals surface area contributed by atoms with Crippen molar-refractivity contribution in [2.45, 2.75) is 18.9 Å². The maximum Gasteiger partial charge on any atom is 0.163 e. The molecule has 0 saturated heterocycles. The second-order valence-electron chi connectivity index (χ2n) is 4.36. The lowest BCUT2D eigenvalue weighted by atomic mass is 9.88. The lowest BCUT2D eigenvalue weighted by Crippen LogP contribution is -2.30. The number of carbonyl (C=O) groups is 1. The number of rotatable bonds is 3. The third kappa shape index (κ3) is 2.18. The fourth-order valence-corrected chi connectivity index (χ4v) is 2.08. The summed E-state index contributed by atoms with van der Waals surface area (Å²) in [4.78, 5) is 11.6. The summed E-state index contributed by atoms with van der Waals surface area (Å²) in [5.41, 5.74) is 0.0909. The van der Waals surface area contributed by atoms with E-state index in [-0.39, 0.29) is 12.2 Å². The Morgan fingerprint density at radius 1 is 1.28 bits per heavy atom. The van der Waals surface area contributed by atoms with Crippen LogP contribution in [0.4, 0.5) is 0 Å². The van der Waals surface area contributed by atoms with Crippen LogP contribution in [0.5, 0.6) is 11.5 Å². The molecule has 0 aromatic heterocycles. The molecule has 0 radical (unpaired) electrons. The van der Waals surface area contributed by atoms with Crippen molar-refractivity contribution >= 4 is 5.78 Å². The number of hydrogen-bond acceptors (Lipinski definition) is 4. The van der Waals surface area contributed by atoms with Crippen molar-refractivity contribution in [1.82, 2.24) is 0 Å². The van der Waals surface area contributed by atoms with E-state index in [2.05, 4.69) is 0 Å². The first kappa shape index (κ1) is 12.5. The SMILES string of the molecule is COc1ccc(OC)c(C2(C)CC(=O)C=CO2)c1. The minimum Gasteiger partial charge on any atom is -0.497 e. The van der Waals surface area contributed by atoms with Gasteiger partial charge in [0.2, 0.25) is 0 Å². The van der Waals surface area contributed by atoms with E-state index in [1.54, 1.807) is 14.2 Å². The summed E-state index contributed by atoms with van der Waals surface area (Å²) in [5.74, 6) is 1.42. The molecule has 4 nitrogen and oxygen atoms in total. The van der Waals surface area contributed by atoms with Crippen LogP contribution < -0.4 is 9.47 Å². The number of allylic oxidation sites excluding steroid dienone is 1. The molecular weight excluding hydrogens is 232 g/mol. The second kappa shape index (κ2) is 4.72. The minimum absolute atomic E-state index is 0.0358. The maximum absolute atomic E-state index is 11.6. The van der Waals surface area contributed by atoms with Crippen molar-refractivity contribution in [3.63, 3.8) is 0 Å². The monoisotopic (exact) mass is 248 g/mol. The Labute approximate surface area is 106 Å². The molecule has 0 bridgehead atoms. The molecule has 1 unspecified atom stereocenters. The average Bonchev–Trinajstić information content (AvgIpc) is 2.37. The molecule has 18 heavy (non-hydrogen) atoms. The van der Waals surface area contributed by atoms with Gasteiger partial charge in [-0.2, -0.15) is 0 Å². The maximum atomic E-state index is 11.6. The van der Waals surface area contributed by atoms with Crippen molar-refractivity contribution in [3.8, 4) is 11.5 Å². The van der Waals surface area contributed by atoms with E-state index in [1.807, 2.05) is 25.1 Å². The van der Waals surface area contributed by atoms with Gasteiger partial charge in [0, 0.05) is 11.6 Å². The van der Waals surface area contributed by atoms with Crippen LogP contribution in [0.3, 0.4) is 0 Å². The molecule has 2 rings (SSSR count). The predicted molar refractivity (Wildman–Crippen MR) is 66.7 cm³/mol. The Balaban J connectivity index is 2.48. The zero-order chi connectivity index (χ0) is 13.2. The molecular formula is C14H16O4. The largest absolute Gasteiger partial charge is 0.497 e. The third-order valence-corrected chi connectivity index (χ3v) is 3.07. The quantitative estimate of drug-likeness (QED) is 0.824. The van der Waals surface area contributed by atoms with Gasteiger partial charge in [-0.05, 0) is 25.1 Å². The molecule has 0 fully saturated rings. The summed E-state index contributed by atoms with van der Waals surface area (Å²) in [6.07, 6.45) is 3.16. The molecule has 1 heterocycles. The van der Waals surface area contributed by atoms with Gasteiger partial charge >= 0.3 is 0 Å². The van der Waals surface area contributed by atoms with E-state index < -0.39 is 5.60 Å². The molecule has 4 heteroatoms. The van der Waals surface area contributed by atoms with E-state index in [0.717, 1.165) is 5.56 Å². The molecule has 0 saturated carbocycles. The highest BCUT2D eigenvalue weighted by atomic mass is 16.5. The van der Waals surface area contributed by atoms with Gasteiger partial charge in [0.05, 0.1) is 26.9 Å². The smallest absolute Gasteiger partial charge is 0.163 e. The number of ether oxygens (including phenoxy) is 3. The van der Waals surface area contributed by atoms with Crippen molar-refractivity contribution in [3.05, 3.63) is 36.1 Å². The van der Waals surface area contributed by atoms with Crippen LogP contribution in [0.2, 0.25) is 0 Å². The summed E-state index contributed by atoms with van der Waals surface area (Å²) in [5, 5.41) is 0. The van der Waals surface area contributed by atoms with Crippen LogP contribution in [0.15, 0.2) is 30.5 Å². The molecule has 0 spiro atoms. The first-order chi connectivity index (χ1) is 8.59. The fourth-order valence-electron chi connectivity index (χ4n) is 2.08. The van der Waals surface area contributed by atoms with Gasteiger partial charge in [-0.1, -0.05) is 0 Å². The Bertz CT molecular complexity index is 493. The minimum atomic E-state index is -0.717. The van der Waals surface area contributed by atoms with E-state index in [0.29, 0.717) is 11.5 Å². The van der Waals surface area contributed by atoms with Crippen molar-refractivity contribution in [1.29, 1.82) is 0 Å². The Hall–Kier alpha value is -1.97. The fraction of sp³-hybridized carbons (Fsp3) is 0.357. The van der Waals surface area contributed by atoms with Gasteiger partial charge in [-0.15, -0.1) is 0 Å². The first-order valence-electron chi connectivity index (χ1n) is 5.69. The Morgan fingerprint density at radius 3 is 2.67 bits per heavy atom. The molecule has 1 aliphatic rings. The van der Waals surface area contributed by atoms with Crippen molar-refractivity contribution in [2.75, 3.05) is 14.2 Å². The van der Waals surface area contributed by atoms with Crippen LogP contribution in [0, 0.1) is 0 Å². The van der Waals surface area contributed by atoms with Crippen LogP contribution in [0.1, 0.15) is 18.9 Å². The van der Waals surface area contributed by atoms with Gasteiger partial charge in [0.25, 0.3) is 0 Å². The highest BCUT2D eigenvalue weighted by Gasteiger charge is 2.35. The van der Waals surface area contributed by atoms with Crippen LogP contribution in [-0.4, -0.2) is 20.0 Å². The molecule has 1 aromatic rings. The Kier molecular flexibility index (Phi) is 3.28. The summed E-state index contributed by atoms with van der Waals surface area (Å²) in [6, 6.07) is 5.46. The zero-order valence-corrected chi connectivity index (χ0v) is 10.7. The number of hydrogen-bond donors (Lipinski definition) is 0. The van der Waals surface area contributed by atoms with Crippen LogP contribution >= 0.6 is 0 Å². The summed E-state index contributed by atoms with van der Waals surface area (Å²) < 4.78 is 16.2. The normalized spacial score (nSPS) is 22.5. The number of methoxy groups -OCH3 is 2. The third-order valence-electron chi connectivity index (χ3n) is 3.07. The molecule has 0 N–H and O–H groups in total. The van der Waals surface area contributed by atoms with Gasteiger partial charge in [0.15, 0.2) is 5.78 Å². The van der Waals surface area contributed by atoms with Crippen LogP contribution in [-0.2, 0) is 15.1 Å². The van der Waals surface area contributed by atoms with Crippen molar-refractivity contribution in [2.24, 2.45) is 0 Å². The van der Waals surface area contributed by atoms with Gasteiger partial charge in [-0.25, -0.2) is 0 Å². The molecule has 0 aliphatic carbocycles. The lowest BCUT2D eigenvalue weighted by Gasteiger charge is -2.32. The summed E-state index contributed by atoms with van der Waals surface area (Å²) in [6.45, 7) is 1.87. The van der Waals surface area contributed by atoms with E-state index in [4.69, 9.17) is 14.2 Å². The van der Waals surface area contributed by atoms with Crippen molar-refractivity contribution < 1.29 is 19.0 Å². The number of benzene rings is 1. The number of ketones is 1. The highest BCUT2D eigenvalue weighted by Crippen LogP contribution is 2.39. The highest BCUT2D eigenvalue weighted by molar-refractivity contribution is 5.91. The second-order valence-corrected chi connectivity index (χ2v) is 4.36. The van der Waals surface area contributed by atoms with E-state index in [9.17, 15) is 4.79 Å². The Morgan fingerprint density at radius 2 is 2.06 bits per heavy atom. The molecule has 96 valence electrons. The number of carbonyl (C=O) groups excluding carboxylic acids is 1. The standard InChI is InChI=1S/C14H16O4/c1-14(9-10(15)6-7-18-14)12-8-11(16-2)4-5-13(12)17-3/h4-8H,9H2,1-3H3. The molecule has 1 aromatic carbocycles. The van der Waals surface area contributed by atoms with Gasteiger partial charge in [0.1, 0.15) is 17.1 Å². The molecule has 0 amide bonds. The van der Waals surface area contributed by atoms with E-state index in [1.165, 1.54) is 12.3 Å². The summed E-state index contributed by atoms with van der Waals surface area (Å²) >= 11 is 0. The molecule has 1 atom stereocenters. The average molecular weight is 248 g/mol. The zero-order valence-electron chi connectivity index (χ0n) is 10.7.